The summed E-state index contributed by atoms with van der Waals surface area (Å²) in [5.74, 6) is 0. The molecule has 0 aromatic carbocycles. The minimum Gasteiger partial charge on any atom is -0.383 e. The Hall–Kier alpha value is 0.250. The van der Waals surface area contributed by atoms with Gasteiger partial charge in [-0.1, -0.05) is 58.3 Å². The number of unbranched alkanes of at least 4 members (excludes halogenated alkanes) is 7. The van der Waals surface area contributed by atoms with Crippen molar-refractivity contribution < 1.29 is 4.74 Å². The van der Waals surface area contributed by atoms with Crippen LogP contribution in [0.15, 0.2) is 0 Å². The van der Waals surface area contributed by atoms with Crippen molar-refractivity contribution in [3.8, 4) is 0 Å². The quantitative estimate of drug-likeness (QED) is 0.370. The predicted molar refractivity (Wildman–Crippen MR) is 68.7 cm³/mol. The van der Waals surface area contributed by atoms with Gasteiger partial charge in [-0.05, 0) is 6.42 Å². The highest BCUT2D eigenvalue weighted by molar-refractivity contribution is 6.20. The van der Waals surface area contributed by atoms with Crippen molar-refractivity contribution in [3.05, 3.63) is 0 Å². The van der Waals surface area contributed by atoms with Gasteiger partial charge in [0.2, 0.25) is 0 Å². The highest BCUT2D eigenvalue weighted by Crippen LogP contribution is 2.12. The third-order valence-corrected chi connectivity index (χ3v) is 3.06. The second-order valence-corrected chi connectivity index (χ2v) is 4.93. The number of hydrogen-bond acceptors (Lipinski definition) is 1. The summed E-state index contributed by atoms with van der Waals surface area (Å²) in [5.41, 5.74) is 0. The summed E-state index contributed by atoms with van der Waals surface area (Å²) in [6.45, 7) is 2.95. The average molecular weight is 235 g/mol. The zero-order chi connectivity index (χ0) is 11.4. The summed E-state index contributed by atoms with van der Waals surface area (Å²) < 4.78 is 4.99. The van der Waals surface area contributed by atoms with Crippen LogP contribution in [0.2, 0.25) is 0 Å². The van der Waals surface area contributed by atoms with Crippen molar-refractivity contribution >= 4 is 11.6 Å². The molecule has 0 heterocycles. The zero-order valence-corrected chi connectivity index (χ0v) is 11.2. The number of rotatable bonds is 11. The Kier molecular flexibility index (Phi) is 12.5. The molecule has 92 valence electrons. The Bertz CT molecular complexity index is 117. The smallest absolute Gasteiger partial charge is 0.0626 e. The number of hydrogen-bond donors (Lipinski definition) is 0. The van der Waals surface area contributed by atoms with Gasteiger partial charge in [-0.2, -0.15) is 0 Å². The van der Waals surface area contributed by atoms with Crippen LogP contribution in [-0.4, -0.2) is 19.1 Å². The van der Waals surface area contributed by atoms with E-state index in [1.807, 2.05) is 0 Å². The fraction of sp³-hybridized carbons (Fsp3) is 1.00. The zero-order valence-electron chi connectivity index (χ0n) is 10.4. The van der Waals surface area contributed by atoms with Gasteiger partial charge in [-0.15, -0.1) is 11.6 Å². The third-order valence-electron chi connectivity index (χ3n) is 2.72. The fourth-order valence-corrected chi connectivity index (χ4v) is 2.04. The maximum atomic E-state index is 6.04. The lowest BCUT2D eigenvalue weighted by molar-refractivity contribution is 0.194. The topological polar surface area (TPSA) is 9.23 Å². The van der Waals surface area contributed by atoms with Gasteiger partial charge < -0.3 is 4.74 Å². The lowest BCUT2D eigenvalue weighted by atomic mass is 10.1. The van der Waals surface area contributed by atoms with Gasteiger partial charge in [-0.3, -0.25) is 0 Å². The van der Waals surface area contributed by atoms with E-state index in [1.165, 1.54) is 51.4 Å². The van der Waals surface area contributed by atoms with Gasteiger partial charge in [0, 0.05) is 7.11 Å². The average Bonchev–Trinajstić information content (AvgIpc) is 2.22. The lowest BCUT2D eigenvalue weighted by Gasteiger charge is -2.07. The molecule has 0 aliphatic heterocycles. The van der Waals surface area contributed by atoms with Crippen molar-refractivity contribution in [2.75, 3.05) is 13.7 Å². The summed E-state index contributed by atoms with van der Waals surface area (Å²) in [4.78, 5) is 0. The van der Waals surface area contributed by atoms with Crippen LogP contribution in [0.1, 0.15) is 64.7 Å². The molecule has 1 atom stereocenters. The molecular formula is C13H27ClO. The molecular weight excluding hydrogens is 208 g/mol. The Morgan fingerprint density at radius 1 is 0.933 bits per heavy atom. The van der Waals surface area contributed by atoms with Crippen LogP contribution in [0.5, 0.6) is 0 Å². The second kappa shape index (κ2) is 12.3. The van der Waals surface area contributed by atoms with Crippen molar-refractivity contribution in [1.29, 1.82) is 0 Å². The molecule has 1 unspecified atom stereocenters. The van der Waals surface area contributed by atoms with Crippen LogP contribution in [0.3, 0.4) is 0 Å². The van der Waals surface area contributed by atoms with Gasteiger partial charge in [0.15, 0.2) is 0 Å². The normalized spacial score (nSPS) is 13.0. The molecule has 0 aromatic rings. The van der Waals surface area contributed by atoms with Crippen LogP contribution in [-0.2, 0) is 4.74 Å². The Balaban J connectivity index is 2.98. The lowest BCUT2D eigenvalue weighted by Crippen LogP contribution is -2.06. The summed E-state index contributed by atoms with van der Waals surface area (Å²) >= 11 is 6.04. The SMILES string of the molecule is CCCCCCCCCCC(Cl)COC. The van der Waals surface area contributed by atoms with Gasteiger partial charge in [0.25, 0.3) is 0 Å². The molecule has 0 fully saturated rings. The monoisotopic (exact) mass is 234 g/mol. The van der Waals surface area contributed by atoms with Crippen LogP contribution in [0, 0.1) is 0 Å². The van der Waals surface area contributed by atoms with Gasteiger partial charge in [0.05, 0.1) is 12.0 Å². The van der Waals surface area contributed by atoms with Gasteiger partial charge >= 0.3 is 0 Å². The Labute approximate surface area is 101 Å². The molecule has 0 aromatic heterocycles. The summed E-state index contributed by atoms with van der Waals surface area (Å²) in [5, 5.41) is 0.218. The third kappa shape index (κ3) is 12.2. The maximum absolute atomic E-state index is 6.04. The van der Waals surface area contributed by atoms with Crippen molar-refractivity contribution in [3.63, 3.8) is 0 Å². The van der Waals surface area contributed by atoms with E-state index in [0.29, 0.717) is 6.61 Å². The van der Waals surface area contributed by atoms with Crippen LogP contribution < -0.4 is 0 Å². The number of ether oxygens (including phenoxy) is 1. The van der Waals surface area contributed by atoms with E-state index in [4.69, 9.17) is 16.3 Å². The largest absolute Gasteiger partial charge is 0.383 e. The molecule has 0 aliphatic carbocycles. The molecule has 2 heteroatoms. The van der Waals surface area contributed by atoms with E-state index in [9.17, 15) is 0 Å². The molecule has 0 rings (SSSR count). The molecule has 15 heavy (non-hydrogen) atoms. The van der Waals surface area contributed by atoms with Crippen molar-refractivity contribution in [2.45, 2.75) is 70.1 Å². The minimum absolute atomic E-state index is 0.218. The second-order valence-electron chi connectivity index (χ2n) is 4.32. The number of methoxy groups -OCH3 is 1. The van der Waals surface area contributed by atoms with E-state index in [0.717, 1.165) is 6.42 Å². The molecule has 0 amide bonds. The van der Waals surface area contributed by atoms with Crippen LogP contribution in [0.25, 0.3) is 0 Å². The van der Waals surface area contributed by atoms with E-state index < -0.39 is 0 Å². The standard InChI is InChI=1S/C13H27ClO/c1-3-4-5-6-7-8-9-10-11-13(14)12-15-2/h13H,3-12H2,1-2H3. The molecule has 0 aliphatic rings. The first-order valence-electron chi connectivity index (χ1n) is 6.44. The van der Waals surface area contributed by atoms with Gasteiger partial charge in [0.1, 0.15) is 0 Å². The molecule has 0 N–H and O–H groups in total. The summed E-state index contributed by atoms with van der Waals surface area (Å²) in [7, 11) is 1.71. The predicted octanol–water partition coefficient (Wildman–Crippen LogP) is 4.77. The van der Waals surface area contributed by atoms with Gasteiger partial charge in [-0.25, -0.2) is 0 Å². The Morgan fingerprint density at radius 2 is 1.47 bits per heavy atom. The first kappa shape index (κ1) is 15.2. The molecule has 0 bridgehead atoms. The summed E-state index contributed by atoms with van der Waals surface area (Å²) in [6, 6.07) is 0. The molecule has 0 saturated carbocycles. The number of halogens is 1. The fourth-order valence-electron chi connectivity index (χ4n) is 1.76. The first-order chi connectivity index (χ1) is 7.31. The first-order valence-corrected chi connectivity index (χ1v) is 6.88. The van der Waals surface area contributed by atoms with Crippen LogP contribution in [0.4, 0.5) is 0 Å². The molecule has 0 saturated heterocycles. The molecule has 0 radical (unpaired) electrons. The van der Waals surface area contributed by atoms with E-state index in [2.05, 4.69) is 6.92 Å². The summed E-state index contributed by atoms with van der Waals surface area (Å²) in [6.07, 6.45) is 12.0. The van der Waals surface area contributed by atoms with E-state index >= 15 is 0 Å². The van der Waals surface area contributed by atoms with Crippen LogP contribution >= 0.6 is 11.6 Å². The molecule has 1 nitrogen and oxygen atoms in total. The Morgan fingerprint density at radius 3 is 2.00 bits per heavy atom. The maximum Gasteiger partial charge on any atom is 0.0626 e. The highest BCUT2D eigenvalue weighted by Gasteiger charge is 2.02. The van der Waals surface area contributed by atoms with E-state index in [1.54, 1.807) is 7.11 Å². The van der Waals surface area contributed by atoms with Crippen molar-refractivity contribution in [1.82, 2.24) is 0 Å². The number of alkyl halides is 1. The highest BCUT2D eigenvalue weighted by atomic mass is 35.5. The molecule has 0 spiro atoms. The van der Waals surface area contributed by atoms with E-state index in [-0.39, 0.29) is 5.38 Å². The minimum atomic E-state index is 0.218. The van der Waals surface area contributed by atoms with Crippen molar-refractivity contribution in [2.24, 2.45) is 0 Å².